The molecule has 0 spiro atoms. The first kappa shape index (κ1) is 13.1. The Morgan fingerprint density at radius 3 is 2.70 bits per heavy atom. The molecule has 0 radical (unpaired) electrons. The number of hydrogen-bond acceptors (Lipinski definition) is 8. The molecule has 20 heavy (non-hydrogen) atoms. The van der Waals surface area contributed by atoms with Crippen molar-refractivity contribution in [3.63, 3.8) is 0 Å². The second kappa shape index (κ2) is 6.06. The van der Waals surface area contributed by atoms with Gasteiger partial charge in [0, 0.05) is 18.4 Å². The van der Waals surface area contributed by atoms with Crippen LogP contribution in [0.2, 0.25) is 0 Å². The van der Waals surface area contributed by atoms with Crippen LogP contribution in [0.15, 0.2) is 18.5 Å². The zero-order valence-corrected chi connectivity index (χ0v) is 11.7. The number of rotatable bonds is 4. The minimum atomic E-state index is 0.318. The van der Waals surface area contributed by atoms with E-state index in [4.69, 9.17) is 5.84 Å². The van der Waals surface area contributed by atoms with Gasteiger partial charge in [-0.1, -0.05) is 0 Å². The quantitative estimate of drug-likeness (QED) is 0.557. The summed E-state index contributed by atoms with van der Waals surface area (Å²) in [5, 5.41) is 7.46. The molecular weight excluding hydrogens is 276 g/mol. The van der Waals surface area contributed by atoms with Crippen LogP contribution in [0.25, 0.3) is 5.95 Å². The van der Waals surface area contributed by atoms with Crippen molar-refractivity contribution in [2.45, 2.75) is 18.9 Å². The van der Waals surface area contributed by atoms with E-state index >= 15 is 0 Å². The van der Waals surface area contributed by atoms with Crippen molar-refractivity contribution in [1.29, 1.82) is 0 Å². The van der Waals surface area contributed by atoms with E-state index in [1.54, 1.807) is 17.1 Å². The highest BCUT2D eigenvalue weighted by molar-refractivity contribution is 7.99. The lowest BCUT2D eigenvalue weighted by Crippen LogP contribution is -2.26. The fourth-order valence-corrected chi connectivity index (χ4v) is 3.11. The molecule has 9 heteroatoms. The van der Waals surface area contributed by atoms with Crippen molar-refractivity contribution < 1.29 is 0 Å². The Labute approximate surface area is 120 Å². The van der Waals surface area contributed by atoms with Gasteiger partial charge in [-0.15, -0.1) is 0 Å². The molecule has 0 saturated carbocycles. The standard InChI is InChI=1S/C11H16N8S/c12-18-10-15-9(14-8-2-6-20-7-3-8)16-11(17-10)19-5-1-4-13-19/h1,4-5,8H,2-3,6-7,12H2,(H2,14,15,16,17,18). The molecule has 2 aromatic heterocycles. The SMILES string of the molecule is NNc1nc(NC2CCSCC2)nc(-n2cccn2)n1. The number of hydrogen-bond donors (Lipinski definition) is 3. The average molecular weight is 292 g/mol. The molecule has 4 N–H and O–H groups in total. The van der Waals surface area contributed by atoms with Gasteiger partial charge >= 0.3 is 0 Å². The summed E-state index contributed by atoms with van der Waals surface area (Å²) in [5.41, 5.74) is 2.46. The van der Waals surface area contributed by atoms with Crippen molar-refractivity contribution in [3.05, 3.63) is 18.5 Å². The Kier molecular flexibility index (Phi) is 3.97. The van der Waals surface area contributed by atoms with E-state index in [2.05, 4.69) is 30.8 Å². The Hall–Kier alpha value is -1.87. The van der Waals surface area contributed by atoms with Crippen LogP contribution in [-0.2, 0) is 0 Å². The van der Waals surface area contributed by atoms with Crippen LogP contribution in [-0.4, -0.2) is 42.3 Å². The van der Waals surface area contributed by atoms with E-state index in [0.29, 0.717) is 23.9 Å². The number of aromatic nitrogens is 5. The molecule has 0 bridgehead atoms. The van der Waals surface area contributed by atoms with Crippen LogP contribution in [0.4, 0.5) is 11.9 Å². The molecule has 3 heterocycles. The van der Waals surface area contributed by atoms with Crippen molar-refractivity contribution in [3.8, 4) is 5.95 Å². The maximum Gasteiger partial charge on any atom is 0.257 e. The molecule has 8 nitrogen and oxygen atoms in total. The maximum atomic E-state index is 5.41. The van der Waals surface area contributed by atoms with Crippen LogP contribution in [0.5, 0.6) is 0 Å². The van der Waals surface area contributed by atoms with Gasteiger partial charge in [0.05, 0.1) is 0 Å². The van der Waals surface area contributed by atoms with E-state index in [9.17, 15) is 0 Å². The van der Waals surface area contributed by atoms with Crippen LogP contribution < -0.4 is 16.6 Å². The topological polar surface area (TPSA) is 107 Å². The van der Waals surface area contributed by atoms with E-state index in [1.165, 1.54) is 0 Å². The van der Waals surface area contributed by atoms with E-state index in [-0.39, 0.29) is 0 Å². The molecule has 1 aliphatic rings. The minimum absolute atomic E-state index is 0.318. The number of hydrazine groups is 1. The molecule has 1 saturated heterocycles. The van der Waals surface area contributed by atoms with E-state index in [1.807, 2.05) is 17.8 Å². The number of anilines is 2. The van der Waals surface area contributed by atoms with Gasteiger partial charge in [0.1, 0.15) is 0 Å². The second-order valence-electron chi connectivity index (χ2n) is 4.41. The number of thioether (sulfide) groups is 1. The smallest absolute Gasteiger partial charge is 0.257 e. The first-order chi connectivity index (χ1) is 9.85. The van der Waals surface area contributed by atoms with Crippen LogP contribution in [0.1, 0.15) is 12.8 Å². The summed E-state index contributed by atoms with van der Waals surface area (Å²) in [7, 11) is 0. The molecule has 1 aliphatic heterocycles. The molecule has 0 amide bonds. The minimum Gasteiger partial charge on any atom is -0.351 e. The lowest BCUT2D eigenvalue weighted by molar-refractivity contribution is 0.657. The lowest BCUT2D eigenvalue weighted by Gasteiger charge is -2.22. The molecular formula is C11H16N8S. The molecule has 0 unspecified atom stereocenters. The van der Waals surface area contributed by atoms with Crippen molar-refractivity contribution in [2.24, 2.45) is 5.84 Å². The molecule has 0 atom stereocenters. The molecule has 0 aromatic carbocycles. The molecule has 1 fully saturated rings. The van der Waals surface area contributed by atoms with Crippen LogP contribution >= 0.6 is 11.8 Å². The summed E-state index contributed by atoms with van der Waals surface area (Å²) < 4.78 is 1.57. The first-order valence-electron chi connectivity index (χ1n) is 6.42. The van der Waals surface area contributed by atoms with Crippen LogP contribution in [0, 0.1) is 0 Å². The van der Waals surface area contributed by atoms with Gasteiger partial charge in [0.2, 0.25) is 11.9 Å². The Bertz CT molecular complexity index is 552. The van der Waals surface area contributed by atoms with Gasteiger partial charge in [-0.3, -0.25) is 5.43 Å². The summed E-state index contributed by atoms with van der Waals surface area (Å²) in [6.07, 6.45) is 5.67. The first-order valence-corrected chi connectivity index (χ1v) is 7.57. The van der Waals surface area contributed by atoms with Crippen LogP contribution in [0.3, 0.4) is 0 Å². The second-order valence-corrected chi connectivity index (χ2v) is 5.63. The average Bonchev–Trinajstić information content (AvgIpc) is 3.02. The Morgan fingerprint density at radius 1 is 1.20 bits per heavy atom. The third-order valence-corrected chi connectivity index (χ3v) is 4.07. The maximum absolute atomic E-state index is 5.41. The summed E-state index contributed by atoms with van der Waals surface area (Å²) in [6.45, 7) is 0. The summed E-state index contributed by atoms with van der Waals surface area (Å²) in [5.74, 6) is 9.01. The Morgan fingerprint density at radius 2 is 2.00 bits per heavy atom. The van der Waals surface area contributed by atoms with Gasteiger partial charge in [-0.2, -0.15) is 31.8 Å². The van der Waals surface area contributed by atoms with Crippen molar-refractivity contribution in [2.75, 3.05) is 22.2 Å². The monoisotopic (exact) mass is 292 g/mol. The molecule has 2 aromatic rings. The number of nitrogen functional groups attached to an aromatic ring is 1. The fraction of sp³-hybridized carbons (Fsp3) is 0.455. The molecule has 106 valence electrons. The van der Waals surface area contributed by atoms with E-state index < -0.39 is 0 Å². The Balaban J connectivity index is 1.84. The molecule has 0 aliphatic carbocycles. The predicted molar refractivity (Wildman–Crippen MR) is 78.7 cm³/mol. The highest BCUT2D eigenvalue weighted by Gasteiger charge is 2.16. The summed E-state index contributed by atoms with van der Waals surface area (Å²) in [4.78, 5) is 12.8. The third kappa shape index (κ3) is 2.99. The van der Waals surface area contributed by atoms with Crippen molar-refractivity contribution in [1.82, 2.24) is 24.7 Å². The van der Waals surface area contributed by atoms with Crippen molar-refractivity contribution >= 4 is 23.7 Å². The van der Waals surface area contributed by atoms with Gasteiger partial charge in [0.15, 0.2) is 0 Å². The predicted octanol–water partition coefficient (Wildman–Crippen LogP) is 0.650. The highest BCUT2D eigenvalue weighted by Crippen LogP contribution is 2.20. The van der Waals surface area contributed by atoms with Gasteiger partial charge in [-0.05, 0) is 30.4 Å². The zero-order valence-electron chi connectivity index (χ0n) is 10.9. The zero-order chi connectivity index (χ0) is 13.8. The number of nitrogens with two attached hydrogens (primary N) is 1. The normalized spacial score (nSPS) is 16.1. The highest BCUT2D eigenvalue weighted by atomic mass is 32.2. The lowest BCUT2D eigenvalue weighted by atomic mass is 10.2. The number of nitrogens with zero attached hydrogens (tertiary/aromatic N) is 5. The van der Waals surface area contributed by atoms with Gasteiger partial charge in [-0.25, -0.2) is 10.5 Å². The fourth-order valence-electron chi connectivity index (χ4n) is 2.01. The van der Waals surface area contributed by atoms with Gasteiger partial charge < -0.3 is 5.32 Å². The van der Waals surface area contributed by atoms with Gasteiger partial charge in [0.25, 0.3) is 5.95 Å². The summed E-state index contributed by atoms with van der Waals surface area (Å²) in [6, 6.07) is 2.21. The summed E-state index contributed by atoms with van der Waals surface area (Å²) >= 11 is 1.98. The third-order valence-electron chi connectivity index (χ3n) is 3.02. The van der Waals surface area contributed by atoms with E-state index in [0.717, 1.165) is 24.3 Å². The molecule has 3 rings (SSSR count). The number of nitrogens with one attached hydrogen (secondary N) is 2. The largest absolute Gasteiger partial charge is 0.351 e.